The van der Waals surface area contributed by atoms with Crippen LogP contribution in [-0.4, -0.2) is 27.0 Å². The van der Waals surface area contributed by atoms with E-state index in [-0.39, 0.29) is 26.2 Å². The molecular formula is C11H16O4. The molecule has 0 aromatic heterocycles. The molecule has 1 aromatic carbocycles. The Balaban J connectivity index is 3.00. The molecule has 4 nitrogen and oxygen atoms in total. The average Bonchev–Trinajstić information content (AvgIpc) is 2.28. The maximum atomic E-state index is 9.70. The van der Waals surface area contributed by atoms with Crippen LogP contribution < -0.4 is 0 Å². The number of aliphatic hydroxyl groups excluding tert-OH is 4. The Labute approximate surface area is 88.4 Å². The van der Waals surface area contributed by atoms with Crippen molar-refractivity contribution in [2.75, 3.05) is 6.61 Å². The third-order valence-corrected chi connectivity index (χ3v) is 2.32. The molecule has 0 aliphatic heterocycles. The molecule has 0 heterocycles. The average molecular weight is 212 g/mol. The fraction of sp³-hybridized carbons (Fsp3) is 0.455. The standard InChI is InChI=1S/C11H16O4/c12-4-3-11(15)10-5-8(6-13)1-2-9(10)7-14/h1-2,5,11-15H,3-4,6-7H2. The van der Waals surface area contributed by atoms with Crippen molar-refractivity contribution in [3.8, 4) is 0 Å². The molecule has 1 atom stereocenters. The van der Waals surface area contributed by atoms with Crippen LogP contribution in [0.1, 0.15) is 29.2 Å². The van der Waals surface area contributed by atoms with Crippen LogP contribution in [0, 0.1) is 0 Å². The van der Waals surface area contributed by atoms with Crippen LogP contribution in [0.25, 0.3) is 0 Å². The van der Waals surface area contributed by atoms with Crippen molar-refractivity contribution in [2.24, 2.45) is 0 Å². The van der Waals surface area contributed by atoms with Gasteiger partial charge >= 0.3 is 0 Å². The van der Waals surface area contributed by atoms with Crippen LogP contribution in [0.4, 0.5) is 0 Å². The minimum Gasteiger partial charge on any atom is -0.396 e. The highest BCUT2D eigenvalue weighted by atomic mass is 16.3. The van der Waals surface area contributed by atoms with Crippen molar-refractivity contribution >= 4 is 0 Å². The van der Waals surface area contributed by atoms with Crippen LogP contribution in [0.3, 0.4) is 0 Å². The van der Waals surface area contributed by atoms with E-state index in [9.17, 15) is 5.11 Å². The molecule has 1 unspecified atom stereocenters. The quantitative estimate of drug-likeness (QED) is 0.557. The summed E-state index contributed by atoms with van der Waals surface area (Å²) in [6.45, 7) is -0.385. The molecule has 1 aromatic rings. The minimum atomic E-state index is -0.802. The molecular weight excluding hydrogens is 196 g/mol. The summed E-state index contributed by atoms with van der Waals surface area (Å²) in [6, 6.07) is 5.01. The molecule has 0 saturated carbocycles. The van der Waals surface area contributed by atoms with E-state index < -0.39 is 6.10 Å². The summed E-state index contributed by atoms with van der Waals surface area (Å²) in [7, 11) is 0. The van der Waals surface area contributed by atoms with Crippen LogP contribution in [0.15, 0.2) is 18.2 Å². The van der Waals surface area contributed by atoms with Gasteiger partial charge in [0.05, 0.1) is 19.3 Å². The van der Waals surface area contributed by atoms with Gasteiger partial charge in [-0.05, 0) is 16.7 Å². The Morgan fingerprint density at radius 2 is 1.80 bits per heavy atom. The van der Waals surface area contributed by atoms with Gasteiger partial charge in [0.15, 0.2) is 0 Å². The fourth-order valence-electron chi connectivity index (χ4n) is 1.47. The first-order valence-corrected chi connectivity index (χ1v) is 4.85. The SMILES string of the molecule is OCCC(O)c1cc(CO)ccc1CO. The van der Waals surface area contributed by atoms with Gasteiger partial charge in [0.2, 0.25) is 0 Å². The monoisotopic (exact) mass is 212 g/mol. The topological polar surface area (TPSA) is 80.9 Å². The third-order valence-electron chi connectivity index (χ3n) is 2.32. The summed E-state index contributed by atoms with van der Waals surface area (Å²) in [6.07, 6.45) is -0.578. The van der Waals surface area contributed by atoms with Gasteiger partial charge in [0, 0.05) is 13.0 Å². The summed E-state index contributed by atoms with van der Waals surface area (Å²) in [5.41, 5.74) is 1.87. The number of hydrogen-bond donors (Lipinski definition) is 4. The van der Waals surface area contributed by atoms with Crippen LogP contribution in [0.5, 0.6) is 0 Å². The van der Waals surface area contributed by atoms with Gasteiger partial charge in [0.25, 0.3) is 0 Å². The zero-order valence-electron chi connectivity index (χ0n) is 8.43. The Morgan fingerprint density at radius 3 is 2.33 bits per heavy atom. The van der Waals surface area contributed by atoms with Crippen molar-refractivity contribution in [3.05, 3.63) is 34.9 Å². The largest absolute Gasteiger partial charge is 0.396 e. The Kier molecular flexibility index (Phi) is 4.71. The molecule has 0 bridgehead atoms. The first-order valence-electron chi connectivity index (χ1n) is 4.85. The number of benzene rings is 1. The van der Waals surface area contributed by atoms with Crippen molar-refractivity contribution < 1.29 is 20.4 Å². The minimum absolute atomic E-state index is 0.107. The number of aliphatic hydroxyl groups is 4. The van der Waals surface area contributed by atoms with Gasteiger partial charge in [-0.25, -0.2) is 0 Å². The number of rotatable bonds is 5. The van der Waals surface area contributed by atoms with E-state index in [1.54, 1.807) is 18.2 Å². The molecule has 0 radical (unpaired) electrons. The van der Waals surface area contributed by atoms with Crippen molar-refractivity contribution in [2.45, 2.75) is 25.7 Å². The fourth-order valence-corrected chi connectivity index (χ4v) is 1.47. The van der Waals surface area contributed by atoms with Gasteiger partial charge in [0.1, 0.15) is 0 Å². The highest BCUT2D eigenvalue weighted by Gasteiger charge is 2.12. The lowest BCUT2D eigenvalue weighted by Gasteiger charge is -2.14. The highest BCUT2D eigenvalue weighted by molar-refractivity contribution is 5.33. The lowest BCUT2D eigenvalue weighted by molar-refractivity contribution is 0.131. The molecule has 0 spiro atoms. The molecule has 84 valence electrons. The molecule has 0 amide bonds. The molecule has 0 saturated heterocycles. The van der Waals surface area contributed by atoms with E-state index in [2.05, 4.69) is 0 Å². The van der Waals surface area contributed by atoms with Crippen molar-refractivity contribution in [1.82, 2.24) is 0 Å². The maximum absolute atomic E-state index is 9.70. The summed E-state index contributed by atoms with van der Waals surface area (Å²) >= 11 is 0. The number of hydrogen-bond acceptors (Lipinski definition) is 4. The molecule has 0 fully saturated rings. The van der Waals surface area contributed by atoms with Crippen LogP contribution in [-0.2, 0) is 13.2 Å². The lowest BCUT2D eigenvalue weighted by Crippen LogP contribution is -2.05. The summed E-state index contributed by atoms with van der Waals surface area (Å²) in [5.74, 6) is 0. The van der Waals surface area contributed by atoms with E-state index >= 15 is 0 Å². The van der Waals surface area contributed by atoms with Gasteiger partial charge in [-0.3, -0.25) is 0 Å². The molecule has 15 heavy (non-hydrogen) atoms. The second-order valence-electron chi connectivity index (χ2n) is 3.38. The summed E-state index contributed by atoms with van der Waals surface area (Å²) in [5, 5.41) is 36.4. The van der Waals surface area contributed by atoms with Crippen LogP contribution >= 0.6 is 0 Å². The third kappa shape index (κ3) is 3.00. The van der Waals surface area contributed by atoms with E-state index in [1.165, 1.54) is 0 Å². The summed E-state index contributed by atoms with van der Waals surface area (Å²) < 4.78 is 0. The maximum Gasteiger partial charge on any atom is 0.0815 e. The molecule has 0 aliphatic carbocycles. The first kappa shape index (κ1) is 12.1. The second-order valence-corrected chi connectivity index (χ2v) is 3.38. The Bertz CT molecular complexity index is 311. The van der Waals surface area contributed by atoms with Gasteiger partial charge in [-0.2, -0.15) is 0 Å². The van der Waals surface area contributed by atoms with Gasteiger partial charge in [-0.15, -0.1) is 0 Å². The first-order chi connectivity index (χ1) is 7.22. The zero-order valence-corrected chi connectivity index (χ0v) is 8.43. The zero-order chi connectivity index (χ0) is 11.3. The van der Waals surface area contributed by atoms with Gasteiger partial charge < -0.3 is 20.4 Å². The molecule has 1 rings (SSSR count). The van der Waals surface area contributed by atoms with Crippen molar-refractivity contribution in [1.29, 1.82) is 0 Å². The van der Waals surface area contributed by atoms with Crippen LogP contribution in [0.2, 0.25) is 0 Å². The predicted molar refractivity (Wildman–Crippen MR) is 55.0 cm³/mol. The smallest absolute Gasteiger partial charge is 0.0815 e. The second kappa shape index (κ2) is 5.82. The molecule has 4 N–H and O–H groups in total. The lowest BCUT2D eigenvalue weighted by atomic mass is 9.98. The van der Waals surface area contributed by atoms with E-state index in [1.807, 2.05) is 0 Å². The van der Waals surface area contributed by atoms with Gasteiger partial charge in [-0.1, -0.05) is 18.2 Å². The normalized spacial score (nSPS) is 12.8. The Hall–Kier alpha value is -0.940. The van der Waals surface area contributed by atoms with E-state index in [0.29, 0.717) is 16.7 Å². The predicted octanol–water partition coefficient (Wildman–Crippen LogP) is 0.0870. The highest BCUT2D eigenvalue weighted by Crippen LogP contribution is 2.22. The summed E-state index contributed by atoms with van der Waals surface area (Å²) in [4.78, 5) is 0. The molecule has 4 heteroatoms. The Morgan fingerprint density at radius 1 is 1.07 bits per heavy atom. The van der Waals surface area contributed by atoms with Crippen molar-refractivity contribution in [3.63, 3.8) is 0 Å². The van der Waals surface area contributed by atoms with E-state index in [4.69, 9.17) is 15.3 Å². The molecule has 0 aliphatic rings. The van der Waals surface area contributed by atoms with E-state index in [0.717, 1.165) is 0 Å².